The molecule has 0 saturated carbocycles. The van der Waals surface area contributed by atoms with Crippen LogP contribution in [0, 0.1) is 0 Å². The van der Waals surface area contributed by atoms with Gasteiger partial charge in [0.2, 0.25) is 0 Å². The van der Waals surface area contributed by atoms with Gasteiger partial charge in [-0.25, -0.2) is 4.98 Å². The number of hydrogen-bond acceptors (Lipinski definition) is 3. The van der Waals surface area contributed by atoms with Crippen molar-refractivity contribution in [2.24, 2.45) is 0 Å². The third kappa shape index (κ3) is 6.14. The molecule has 0 aliphatic heterocycles. The third-order valence-electron chi connectivity index (χ3n) is 2.98. The second kappa shape index (κ2) is 9.24. The lowest BCUT2D eigenvalue weighted by molar-refractivity contribution is 0.0952. The van der Waals surface area contributed by atoms with E-state index in [1.165, 1.54) is 12.2 Å². The molecule has 0 radical (unpaired) electrons. The normalized spacial score (nSPS) is 10.8. The molecule has 0 aliphatic rings. The zero-order valence-corrected chi connectivity index (χ0v) is 14.0. The Labute approximate surface area is 130 Å². The van der Waals surface area contributed by atoms with Gasteiger partial charge in [-0.15, -0.1) is 0 Å². The van der Waals surface area contributed by atoms with Crippen molar-refractivity contribution in [2.75, 3.05) is 18.6 Å². The van der Waals surface area contributed by atoms with Gasteiger partial charge in [-0.3, -0.25) is 4.79 Å². The summed E-state index contributed by atoms with van der Waals surface area (Å²) >= 11 is 7.82. The molecular formula is C15H23ClN2OS. The number of carbonyl (C=O) groups is 1. The van der Waals surface area contributed by atoms with Gasteiger partial charge in [-0.1, -0.05) is 31.9 Å². The van der Waals surface area contributed by atoms with Crippen molar-refractivity contribution in [1.29, 1.82) is 0 Å². The molecule has 0 atom stereocenters. The molecule has 5 heteroatoms. The van der Waals surface area contributed by atoms with E-state index in [2.05, 4.69) is 16.6 Å². The van der Waals surface area contributed by atoms with E-state index in [-0.39, 0.29) is 11.8 Å². The van der Waals surface area contributed by atoms with Gasteiger partial charge in [0.1, 0.15) is 5.15 Å². The Morgan fingerprint density at radius 1 is 1.35 bits per heavy atom. The Morgan fingerprint density at radius 2 is 2.10 bits per heavy atom. The molecular weight excluding hydrogens is 292 g/mol. The summed E-state index contributed by atoms with van der Waals surface area (Å²) in [6.45, 7) is 4.78. The van der Waals surface area contributed by atoms with Crippen LogP contribution in [0.5, 0.6) is 0 Å². The average molecular weight is 315 g/mol. The average Bonchev–Trinajstić information content (AvgIpc) is 2.41. The fourth-order valence-electron chi connectivity index (χ4n) is 1.80. The fraction of sp³-hybridized carbons (Fsp3) is 0.600. The minimum atomic E-state index is -0.0685. The van der Waals surface area contributed by atoms with Gasteiger partial charge in [0, 0.05) is 17.8 Å². The Balaban J connectivity index is 2.47. The predicted molar refractivity (Wildman–Crippen MR) is 87.9 cm³/mol. The van der Waals surface area contributed by atoms with Gasteiger partial charge in [-0.05, 0) is 42.9 Å². The first-order valence-electron chi connectivity index (χ1n) is 6.99. The number of thioether (sulfide) groups is 1. The van der Waals surface area contributed by atoms with Crippen LogP contribution in [-0.4, -0.2) is 29.4 Å². The lowest BCUT2D eigenvalue weighted by Crippen LogP contribution is -2.24. The summed E-state index contributed by atoms with van der Waals surface area (Å²) in [5.41, 5.74) is 1.44. The molecule has 0 saturated heterocycles. The summed E-state index contributed by atoms with van der Waals surface area (Å²) in [6, 6.07) is 3.44. The zero-order valence-electron chi connectivity index (χ0n) is 12.4. The van der Waals surface area contributed by atoms with Crippen molar-refractivity contribution < 1.29 is 4.79 Å². The number of carbonyl (C=O) groups excluding carboxylic acids is 1. The van der Waals surface area contributed by atoms with Gasteiger partial charge in [0.15, 0.2) is 0 Å². The summed E-state index contributed by atoms with van der Waals surface area (Å²) in [6.07, 6.45) is 5.48. The van der Waals surface area contributed by atoms with Crippen LogP contribution in [0.15, 0.2) is 12.1 Å². The van der Waals surface area contributed by atoms with Crippen LogP contribution in [0.3, 0.4) is 0 Å². The number of nitrogens with zero attached hydrogens (tertiary/aromatic N) is 1. The number of rotatable bonds is 8. The van der Waals surface area contributed by atoms with Crippen molar-refractivity contribution in [1.82, 2.24) is 10.3 Å². The SMILES string of the molecule is CSCCCCCNC(=O)c1cc(Cl)nc(C(C)C)c1. The number of halogens is 1. The van der Waals surface area contributed by atoms with E-state index in [1.807, 2.05) is 31.7 Å². The van der Waals surface area contributed by atoms with Crippen molar-refractivity contribution >= 4 is 29.3 Å². The summed E-state index contributed by atoms with van der Waals surface area (Å²) < 4.78 is 0. The first-order chi connectivity index (χ1) is 9.54. The van der Waals surface area contributed by atoms with Gasteiger partial charge in [-0.2, -0.15) is 11.8 Å². The van der Waals surface area contributed by atoms with Crippen molar-refractivity contribution in [3.8, 4) is 0 Å². The Bertz CT molecular complexity index is 438. The molecule has 1 aromatic heterocycles. The summed E-state index contributed by atoms with van der Waals surface area (Å²) in [7, 11) is 0. The van der Waals surface area contributed by atoms with Gasteiger partial charge in [0.05, 0.1) is 0 Å². The Kier molecular flexibility index (Phi) is 8.00. The molecule has 1 heterocycles. The smallest absolute Gasteiger partial charge is 0.251 e. The highest BCUT2D eigenvalue weighted by molar-refractivity contribution is 7.98. The molecule has 112 valence electrons. The molecule has 0 bridgehead atoms. The van der Waals surface area contributed by atoms with Crippen LogP contribution in [0.2, 0.25) is 5.15 Å². The molecule has 20 heavy (non-hydrogen) atoms. The first-order valence-corrected chi connectivity index (χ1v) is 8.76. The molecule has 0 aromatic carbocycles. The van der Waals surface area contributed by atoms with E-state index in [9.17, 15) is 4.79 Å². The number of amides is 1. The van der Waals surface area contributed by atoms with E-state index in [0.29, 0.717) is 17.3 Å². The maximum atomic E-state index is 12.1. The summed E-state index contributed by atoms with van der Waals surface area (Å²) in [4.78, 5) is 16.3. The number of hydrogen-bond donors (Lipinski definition) is 1. The largest absolute Gasteiger partial charge is 0.352 e. The second-order valence-electron chi connectivity index (χ2n) is 5.07. The van der Waals surface area contributed by atoms with Crippen LogP contribution in [0.1, 0.15) is 55.1 Å². The quantitative estimate of drug-likeness (QED) is 0.579. The van der Waals surface area contributed by atoms with Crippen molar-refractivity contribution in [3.05, 3.63) is 28.5 Å². The predicted octanol–water partition coefficient (Wildman–Crippen LogP) is 4.12. The molecule has 1 amide bonds. The van der Waals surface area contributed by atoms with Crippen molar-refractivity contribution in [3.63, 3.8) is 0 Å². The van der Waals surface area contributed by atoms with E-state index < -0.39 is 0 Å². The van der Waals surface area contributed by atoms with E-state index in [1.54, 1.807) is 6.07 Å². The van der Waals surface area contributed by atoms with Crippen molar-refractivity contribution in [2.45, 2.75) is 39.0 Å². The minimum Gasteiger partial charge on any atom is -0.352 e. The van der Waals surface area contributed by atoms with Crippen LogP contribution in [-0.2, 0) is 0 Å². The standard InChI is InChI=1S/C15H23ClN2OS/c1-11(2)13-9-12(10-14(16)18-13)15(19)17-7-5-4-6-8-20-3/h9-11H,4-8H2,1-3H3,(H,17,19). The molecule has 1 aromatic rings. The lowest BCUT2D eigenvalue weighted by atomic mass is 10.1. The monoisotopic (exact) mass is 314 g/mol. The lowest BCUT2D eigenvalue weighted by Gasteiger charge is -2.09. The third-order valence-corrected chi connectivity index (χ3v) is 3.87. The Hall–Kier alpha value is -0.740. The maximum Gasteiger partial charge on any atom is 0.251 e. The zero-order chi connectivity index (χ0) is 15.0. The molecule has 3 nitrogen and oxygen atoms in total. The highest BCUT2D eigenvalue weighted by atomic mass is 35.5. The van der Waals surface area contributed by atoms with Gasteiger partial charge >= 0.3 is 0 Å². The summed E-state index contributed by atoms with van der Waals surface area (Å²) in [5.74, 6) is 1.37. The number of aromatic nitrogens is 1. The van der Waals surface area contributed by atoms with Crippen LogP contribution in [0.4, 0.5) is 0 Å². The molecule has 1 rings (SSSR count). The number of nitrogens with one attached hydrogen (secondary N) is 1. The fourth-order valence-corrected chi connectivity index (χ4v) is 2.50. The van der Waals surface area contributed by atoms with Crippen LogP contribution >= 0.6 is 23.4 Å². The van der Waals surface area contributed by atoms with E-state index >= 15 is 0 Å². The minimum absolute atomic E-state index is 0.0685. The van der Waals surface area contributed by atoms with Crippen LogP contribution < -0.4 is 5.32 Å². The van der Waals surface area contributed by atoms with Gasteiger partial charge < -0.3 is 5.32 Å². The molecule has 0 fully saturated rings. The van der Waals surface area contributed by atoms with E-state index in [0.717, 1.165) is 18.5 Å². The summed E-state index contributed by atoms with van der Waals surface area (Å²) in [5, 5.41) is 3.31. The maximum absolute atomic E-state index is 12.1. The Morgan fingerprint density at radius 3 is 2.75 bits per heavy atom. The van der Waals surface area contributed by atoms with Crippen LogP contribution in [0.25, 0.3) is 0 Å². The second-order valence-corrected chi connectivity index (χ2v) is 6.44. The van der Waals surface area contributed by atoms with E-state index in [4.69, 9.17) is 11.6 Å². The molecule has 0 spiro atoms. The number of unbranched alkanes of at least 4 members (excludes halogenated alkanes) is 2. The molecule has 1 N–H and O–H groups in total. The van der Waals surface area contributed by atoms with Gasteiger partial charge in [0.25, 0.3) is 5.91 Å². The first kappa shape index (κ1) is 17.3. The molecule has 0 unspecified atom stereocenters. The highest BCUT2D eigenvalue weighted by Crippen LogP contribution is 2.17. The topological polar surface area (TPSA) is 42.0 Å². The highest BCUT2D eigenvalue weighted by Gasteiger charge is 2.10. The molecule has 0 aliphatic carbocycles. The number of pyridine rings is 1.